The van der Waals surface area contributed by atoms with Gasteiger partial charge in [-0.05, 0) is 37.3 Å². The van der Waals surface area contributed by atoms with Crippen LogP contribution in [0.4, 0.5) is 0 Å². The third kappa shape index (κ3) is 4.92. The standard InChI is InChI=1S/C25H25ClN4O4/c1-2-33-24(31)14-30-25(32)20-6-4-3-5-17(20)9-18(28-30)10-19-12-29-13-22(34-15-16-7-8-16)21(26)11-23(29)27-19/h3-6,11-13,16H,2,7-10,14-15H2,1H3. The lowest BCUT2D eigenvalue weighted by molar-refractivity contribution is -0.143. The first-order valence-electron chi connectivity index (χ1n) is 11.4. The number of fused-ring (bicyclic) bond motifs is 2. The van der Waals surface area contributed by atoms with Crippen molar-refractivity contribution < 1.29 is 19.1 Å². The van der Waals surface area contributed by atoms with Gasteiger partial charge >= 0.3 is 5.97 Å². The first-order chi connectivity index (χ1) is 16.5. The van der Waals surface area contributed by atoms with Gasteiger partial charge in [0.05, 0.1) is 30.1 Å². The van der Waals surface area contributed by atoms with E-state index >= 15 is 0 Å². The number of rotatable bonds is 8. The summed E-state index contributed by atoms with van der Waals surface area (Å²) in [4.78, 5) is 29.9. The van der Waals surface area contributed by atoms with Gasteiger partial charge in [-0.15, -0.1) is 0 Å². The van der Waals surface area contributed by atoms with E-state index in [1.807, 2.05) is 28.9 Å². The van der Waals surface area contributed by atoms with E-state index < -0.39 is 5.97 Å². The van der Waals surface area contributed by atoms with Crippen LogP contribution >= 0.6 is 11.6 Å². The first kappa shape index (κ1) is 22.4. The minimum Gasteiger partial charge on any atom is -0.490 e. The van der Waals surface area contributed by atoms with E-state index in [1.54, 1.807) is 25.1 Å². The summed E-state index contributed by atoms with van der Waals surface area (Å²) in [5.41, 5.74) is 3.59. The maximum Gasteiger partial charge on any atom is 0.327 e. The Labute approximate surface area is 202 Å². The van der Waals surface area contributed by atoms with Crippen LogP contribution in [0.1, 0.15) is 41.4 Å². The number of pyridine rings is 1. The molecule has 2 aliphatic rings. The number of carbonyl (C=O) groups excluding carboxylic acids is 2. The molecule has 1 aliphatic heterocycles. The second-order valence-corrected chi connectivity index (χ2v) is 8.99. The Bertz CT molecular complexity index is 1280. The number of esters is 1. The number of hydrazone groups is 1. The molecule has 5 rings (SSSR count). The minimum atomic E-state index is -0.501. The van der Waals surface area contributed by atoms with Crippen LogP contribution in [0, 0.1) is 5.92 Å². The molecule has 3 heterocycles. The molecule has 0 spiro atoms. The van der Waals surface area contributed by atoms with Gasteiger partial charge in [0.25, 0.3) is 5.91 Å². The highest BCUT2D eigenvalue weighted by molar-refractivity contribution is 6.32. The number of imidazole rings is 1. The number of amides is 1. The van der Waals surface area contributed by atoms with Crippen molar-refractivity contribution in [2.75, 3.05) is 19.8 Å². The van der Waals surface area contributed by atoms with Gasteiger partial charge in [0.15, 0.2) is 5.75 Å². The Kier molecular flexibility index (Phi) is 6.24. The summed E-state index contributed by atoms with van der Waals surface area (Å²) in [5, 5.41) is 6.26. The predicted octanol–water partition coefficient (Wildman–Crippen LogP) is 3.94. The van der Waals surface area contributed by atoms with Crippen LogP contribution in [-0.4, -0.2) is 51.7 Å². The summed E-state index contributed by atoms with van der Waals surface area (Å²) in [7, 11) is 0. The highest BCUT2D eigenvalue weighted by atomic mass is 35.5. The van der Waals surface area contributed by atoms with Gasteiger partial charge in [0.1, 0.15) is 12.2 Å². The van der Waals surface area contributed by atoms with Crippen molar-refractivity contribution >= 4 is 34.8 Å². The van der Waals surface area contributed by atoms with E-state index in [0.717, 1.165) is 17.0 Å². The molecule has 176 valence electrons. The lowest BCUT2D eigenvalue weighted by Gasteiger charge is -2.16. The van der Waals surface area contributed by atoms with E-state index in [0.29, 0.717) is 47.3 Å². The summed E-state index contributed by atoms with van der Waals surface area (Å²) >= 11 is 6.41. The Morgan fingerprint density at radius 3 is 2.85 bits per heavy atom. The van der Waals surface area contributed by atoms with Crippen molar-refractivity contribution in [3.8, 4) is 5.75 Å². The monoisotopic (exact) mass is 480 g/mol. The van der Waals surface area contributed by atoms with Gasteiger partial charge in [0, 0.05) is 36.4 Å². The Morgan fingerprint density at radius 2 is 2.06 bits per heavy atom. The topological polar surface area (TPSA) is 85.5 Å². The van der Waals surface area contributed by atoms with Crippen LogP contribution in [0.5, 0.6) is 5.75 Å². The SMILES string of the molecule is CCOC(=O)CN1N=C(Cc2cn3cc(OCC4CC4)c(Cl)cc3n2)Cc2ccccc2C1=O. The molecule has 0 unspecified atom stereocenters. The summed E-state index contributed by atoms with van der Waals surface area (Å²) < 4.78 is 12.8. The van der Waals surface area contributed by atoms with Gasteiger partial charge in [-0.2, -0.15) is 5.10 Å². The fraction of sp³-hybridized carbons (Fsp3) is 0.360. The molecular weight excluding hydrogens is 456 g/mol. The quantitative estimate of drug-likeness (QED) is 0.456. The Balaban J connectivity index is 1.41. The molecule has 0 radical (unpaired) electrons. The number of ether oxygens (including phenoxy) is 2. The third-order valence-electron chi connectivity index (χ3n) is 5.84. The van der Waals surface area contributed by atoms with Gasteiger partial charge < -0.3 is 13.9 Å². The van der Waals surface area contributed by atoms with E-state index in [-0.39, 0.29) is 19.1 Å². The number of hydrogen-bond donors (Lipinski definition) is 0. The van der Waals surface area contributed by atoms with E-state index in [4.69, 9.17) is 21.1 Å². The summed E-state index contributed by atoms with van der Waals surface area (Å²) in [6.07, 6.45) is 7.06. The zero-order chi connectivity index (χ0) is 23.7. The average Bonchev–Trinajstić information content (AvgIpc) is 3.57. The van der Waals surface area contributed by atoms with Crippen LogP contribution < -0.4 is 4.74 Å². The largest absolute Gasteiger partial charge is 0.490 e. The molecule has 0 saturated heterocycles. The van der Waals surface area contributed by atoms with Crippen molar-refractivity contribution in [2.24, 2.45) is 11.0 Å². The van der Waals surface area contributed by atoms with Crippen LogP contribution in [0.15, 0.2) is 47.8 Å². The zero-order valence-electron chi connectivity index (χ0n) is 18.9. The molecule has 0 N–H and O–H groups in total. The average molecular weight is 481 g/mol. The number of carbonyl (C=O) groups is 2. The lowest BCUT2D eigenvalue weighted by atomic mass is 10.00. The third-order valence-corrected chi connectivity index (χ3v) is 6.13. The van der Waals surface area contributed by atoms with Crippen molar-refractivity contribution in [3.05, 3.63) is 64.6 Å². The molecular formula is C25H25ClN4O4. The highest BCUT2D eigenvalue weighted by Crippen LogP contribution is 2.32. The van der Waals surface area contributed by atoms with Gasteiger partial charge in [0.2, 0.25) is 0 Å². The van der Waals surface area contributed by atoms with E-state index in [1.165, 1.54) is 17.9 Å². The second-order valence-electron chi connectivity index (χ2n) is 8.58. The summed E-state index contributed by atoms with van der Waals surface area (Å²) in [6.45, 7) is 2.40. The predicted molar refractivity (Wildman–Crippen MR) is 127 cm³/mol. The smallest absolute Gasteiger partial charge is 0.327 e. The van der Waals surface area contributed by atoms with Gasteiger partial charge in [-0.25, -0.2) is 9.99 Å². The molecule has 3 aromatic rings. The van der Waals surface area contributed by atoms with Crippen LogP contribution in [0.25, 0.3) is 5.65 Å². The number of hydrogen-bond acceptors (Lipinski definition) is 6. The molecule has 1 amide bonds. The molecule has 2 aromatic heterocycles. The zero-order valence-corrected chi connectivity index (χ0v) is 19.6. The van der Waals surface area contributed by atoms with E-state index in [9.17, 15) is 9.59 Å². The maximum absolute atomic E-state index is 13.1. The van der Waals surface area contributed by atoms with Crippen molar-refractivity contribution in [1.82, 2.24) is 14.4 Å². The fourth-order valence-corrected chi connectivity index (χ4v) is 4.16. The van der Waals surface area contributed by atoms with Crippen molar-refractivity contribution in [1.29, 1.82) is 0 Å². The second kappa shape index (κ2) is 9.46. The molecule has 1 aromatic carbocycles. The number of benzene rings is 1. The fourth-order valence-electron chi connectivity index (χ4n) is 3.96. The minimum absolute atomic E-state index is 0.240. The van der Waals surface area contributed by atoms with E-state index in [2.05, 4.69) is 10.1 Å². The highest BCUT2D eigenvalue weighted by Gasteiger charge is 2.26. The molecule has 34 heavy (non-hydrogen) atoms. The summed E-state index contributed by atoms with van der Waals surface area (Å²) in [6, 6.07) is 9.14. The normalized spacial score (nSPS) is 15.6. The molecule has 9 heteroatoms. The number of nitrogens with zero attached hydrogens (tertiary/aromatic N) is 4. The molecule has 1 saturated carbocycles. The Hall–Kier alpha value is -3.39. The maximum atomic E-state index is 13.1. The van der Waals surface area contributed by atoms with Crippen molar-refractivity contribution in [2.45, 2.75) is 32.6 Å². The summed E-state index contributed by atoms with van der Waals surface area (Å²) in [5.74, 6) is 0.441. The molecule has 0 atom stereocenters. The van der Waals surface area contributed by atoms with Crippen molar-refractivity contribution in [3.63, 3.8) is 0 Å². The van der Waals surface area contributed by atoms with Gasteiger partial charge in [-0.1, -0.05) is 29.8 Å². The van der Waals surface area contributed by atoms with Crippen LogP contribution in [-0.2, 0) is 22.4 Å². The molecule has 1 fully saturated rings. The van der Waals surface area contributed by atoms with Gasteiger partial charge in [-0.3, -0.25) is 9.59 Å². The van der Waals surface area contributed by atoms with Crippen LogP contribution in [0.3, 0.4) is 0 Å². The van der Waals surface area contributed by atoms with Crippen LogP contribution in [0.2, 0.25) is 5.02 Å². The molecule has 0 bridgehead atoms. The Morgan fingerprint density at radius 1 is 1.24 bits per heavy atom. The molecule has 1 aliphatic carbocycles. The number of halogens is 1. The lowest BCUT2D eigenvalue weighted by Crippen LogP contribution is -2.32. The number of aromatic nitrogens is 2. The first-order valence-corrected chi connectivity index (χ1v) is 11.8. The molecule has 8 nitrogen and oxygen atoms in total.